The fraction of sp³-hybridized carbons (Fsp3) is 0.483. The first-order chi connectivity index (χ1) is 17.1. The smallest absolute Gasteiger partial charge is 0.314 e. The molecule has 0 amide bonds. The van der Waals surface area contributed by atoms with Gasteiger partial charge in [-0.2, -0.15) is 0 Å². The second kappa shape index (κ2) is 10.1. The summed E-state index contributed by atoms with van der Waals surface area (Å²) in [4.78, 5) is 19.2. The highest BCUT2D eigenvalue weighted by atomic mass is 16.5. The fourth-order valence-corrected chi connectivity index (χ4v) is 6.13. The van der Waals surface area contributed by atoms with Crippen LogP contribution in [-0.2, 0) is 27.2 Å². The minimum absolute atomic E-state index is 0.0177. The van der Waals surface area contributed by atoms with Crippen molar-refractivity contribution < 1.29 is 19.4 Å². The predicted molar refractivity (Wildman–Crippen MR) is 136 cm³/mol. The molecule has 4 atom stereocenters. The molecule has 2 N–H and O–H groups in total. The molecule has 2 aliphatic rings. The van der Waals surface area contributed by atoms with Gasteiger partial charge in [-0.15, -0.1) is 0 Å². The van der Waals surface area contributed by atoms with Crippen LogP contribution in [0.2, 0.25) is 0 Å². The van der Waals surface area contributed by atoms with Gasteiger partial charge >= 0.3 is 5.97 Å². The van der Waals surface area contributed by atoms with Gasteiger partial charge in [-0.05, 0) is 49.3 Å². The number of aryl methyl sites for hydroxylation is 1. The fourth-order valence-electron chi connectivity index (χ4n) is 6.13. The van der Waals surface area contributed by atoms with Crippen molar-refractivity contribution in [2.24, 2.45) is 5.92 Å². The van der Waals surface area contributed by atoms with E-state index in [1.54, 1.807) is 0 Å². The number of aliphatic hydroxyl groups excluding tert-OH is 1. The van der Waals surface area contributed by atoms with Crippen molar-refractivity contribution in [2.45, 2.75) is 63.3 Å². The minimum Gasteiger partial charge on any atom is -0.469 e. The number of methoxy groups -OCH3 is 1. The third-order valence-corrected chi connectivity index (χ3v) is 8.02. The van der Waals surface area contributed by atoms with Crippen LogP contribution < -0.4 is 0 Å². The summed E-state index contributed by atoms with van der Waals surface area (Å²) in [5, 5.41) is 11.5. The normalized spacial score (nSPS) is 27.3. The molecule has 0 aliphatic carbocycles. The van der Waals surface area contributed by atoms with Gasteiger partial charge in [0, 0.05) is 35.6 Å². The molecule has 6 nitrogen and oxygen atoms in total. The van der Waals surface area contributed by atoms with Crippen molar-refractivity contribution in [3.63, 3.8) is 0 Å². The van der Waals surface area contributed by atoms with E-state index in [2.05, 4.69) is 59.3 Å². The number of aromatic amines is 1. The first kappa shape index (κ1) is 24.0. The van der Waals surface area contributed by atoms with E-state index in [-0.39, 0.29) is 24.7 Å². The highest BCUT2D eigenvalue weighted by Gasteiger charge is 2.49. The second-order valence-electron chi connectivity index (χ2n) is 10.1. The van der Waals surface area contributed by atoms with E-state index in [0.717, 1.165) is 50.0 Å². The lowest BCUT2D eigenvalue weighted by Crippen LogP contribution is -2.42. The lowest BCUT2D eigenvalue weighted by Gasteiger charge is -2.35. The zero-order chi connectivity index (χ0) is 24.4. The predicted octanol–water partition coefficient (Wildman–Crippen LogP) is 4.77. The van der Waals surface area contributed by atoms with E-state index >= 15 is 0 Å². The topological polar surface area (TPSA) is 74.8 Å². The van der Waals surface area contributed by atoms with Gasteiger partial charge in [-0.25, -0.2) is 0 Å². The Balaban J connectivity index is 1.58. The molecule has 5 rings (SSSR count). The van der Waals surface area contributed by atoms with Crippen molar-refractivity contribution >= 4 is 16.9 Å². The number of hydrogen-bond donors (Lipinski definition) is 2. The molecule has 2 aromatic carbocycles. The highest BCUT2D eigenvalue weighted by Crippen LogP contribution is 2.45. The molecular weight excluding hydrogens is 440 g/mol. The highest BCUT2D eigenvalue weighted by molar-refractivity contribution is 5.88. The zero-order valence-corrected chi connectivity index (χ0v) is 20.7. The average molecular weight is 477 g/mol. The van der Waals surface area contributed by atoms with E-state index < -0.39 is 11.5 Å². The molecule has 0 radical (unpaired) electrons. The quantitative estimate of drug-likeness (QED) is 0.519. The van der Waals surface area contributed by atoms with Gasteiger partial charge in [-0.3, -0.25) is 9.69 Å². The van der Waals surface area contributed by atoms with Crippen LogP contribution in [0.1, 0.15) is 55.3 Å². The number of fused-ring (bicyclic) bond motifs is 4. The lowest BCUT2D eigenvalue weighted by atomic mass is 9.82. The summed E-state index contributed by atoms with van der Waals surface area (Å²) in [5.41, 5.74) is 3.91. The Morgan fingerprint density at radius 3 is 2.71 bits per heavy atom. The largest absolute Gasteiger partial charge is 0.469 e. The van der Waals surface area contributed by atoms with Crippen LogP contribution in [0.5, 0.6) is 0 Å². The van der Waals surface area contributed by atoms with Crippen LogP contribution >= 0.6 is 0 Å². The Morgan fingerprint density at radius 2 is 1.97 bits per heavy atom. The van der Waals surface area contributed by atoms with Gasteiger partial charge in [0.05, 0.1) is 25.2 Å². The molecule has 3 heterocycles. The Hall–Kier alpha value is -2.67. The van der Waals surface area contributed by atoms with Crippen LogP contribution in [0.25, 0.3) is 10.9 Å². The van der Waals surface area contributed by atoms with Crippen LogP contribution in [0.15, 0.2) is 54.6 Å². The van der Waals surface area contributed by atoms with Gasteiger partial charge in [0.25, 0.3) is 0 Å². The summed E-state index contributed by atoms with van der Waals surface area (Å²) < 4.78 is 12.0. The van der Waals surface area contributed by atoms with E-state index in [1.165, 1.54) is 23.6 Å². The number of carbonyl (C=O) groups excluding carboxylic acids is 1. The molecule has 3 aromatic rings. The van der Waals surface area contributed by atoms with Crippen LogP contribution in [0, 0.1) is 5.92 Å². The molecule has 6 heteroatoms. The molecule has 0 bridgehead atoms. The third-order valence-electron chi connectivity index (χ3n) is 8.02. The average Bonchev–Trinajstić information content (AvgIpc) is 3.45. The van der Waals surface area contributed by atoms with Crippen molar-refractivity contribution in [2.75, 3.05) is 20.3 Å². The number of H-pyrrole nitrogens is 1. The Kier molecular flexibility index (Phi) is 6.96. The number of aliphatic hydroxyl groups is 1. The maximum absolute atomic E-state index is 13.2. The maximum Gasteiger partial charge on any atom is 0.314 e. The number of rotatable bonds is 5. The molecule has 35 heavy (non-hydrogen) atoms. The van der Waals surface area contributed by atoms with Gasteiger partial charge in [0.2, 0.25) is 0 Å². The van der Waals surface area contributed by atoms with Crippen LogP contribution in [0.4, 0.5) is 0 Å². The number of para-hydroxylation sites is 1. The minimum atomic E-state index is -0.581. The van der Waals surface area contributed by atoms with Crippen molar-refractivity contribution in [3.05, 3.63) is 71.4 Å². The number of nitrogens with zero attached hydrogens (tertiary/aromatic N) is 1. The summed E-state index contributed by atoms with van der Waals surface area (Å²) in [6.45, 7) is 3.71. The third kappa shape index (κ3) is 4.63. The Labute approximate surface area is 207 Å². The van der Waals surface area contributed by atoms with Gasteiger partial charge in [0.1, 0.15) is 6.23 Å². The summed E-state index contributed by atoms with van der Waals surface area (Å²) in [6.07, 6.45) is 3.72. The zero-order valence-electron chi connectivity index (χ0n) is 20.7. The number of carbonyl (C=O) groups is 1. The number of benzene rings is 2. The first-order valence-electron chi connectivity index (χ1n) is 12.8. The van der Waals surface area contributed by atoms with Crippen LogP contribution in [-0.4, -0.2) is 53.1 Å². The number of esters is 1. The van der Waals surface area contributed by atoms with Gasteiger partial charge < -0.3 is 19.6 Å². The standard InChI is InChI=1S/C29H36N2O4/c1-3-29(19-32)17-21-16-24(28(33)34-2)26-23(22-12-7-8-14-25(22)30-26)13-9-15-31(27(21)35-29)18-20-10-5-4-6-11-20/h4-8,10-12,14,21,24,27,30,32H,3,9,13,15-19H2,1-2H3/t21-,24?,27-,29-/m0/s1. The Morgan fingerprint density at radius 1 is 1.20 bits per heavy atom. The van der Waals surface area contributed by atoms with E-state index in [0.29, 0.717) is 6.42 Å². The number of aromatic nitrogens is 1. The van der Waals surface area contributed by atoms with Crippen molar-refractivity contribution in [1.29, 1.82) is 0 Å². The molecule has 0 spiro atoms. The lowest BCUT2D eigenvalue weighted by molar-refractivity contribution is -0.145. The molecular formula is C29H36N2O4. The monoisotopic (exact) mass is 476 g/mol. The van der Waals surface area contributed by atoms with E-state index in [9.17, 15) is 9.90 Å². The maximum atomic E-state index is 13.2. The SMILES string of the molecule is CC[C@@]1(CO)C[C@@H]2CC(C(=O)OC)c3[nH]c4ccccc4c3CCCN(Cc3ccccc3)[C@H]2O1. The first-order valence-corrected chi connectivity index (χ1v) is 12.8. The summed E-state index contributed by atoms with van der Waals surface area (Å²) >= 11 is 0. The van der Waals surface area contributed by atoms with Gasteiger partial charge in [-0.1, -0.05) is 55.5 Å². The molecule has 2 aliphatic heterocycles. The molecule has 1 unspecified atom stereocenters. The van der Waals surface area contributed by atoms with Crippen molar-refractivity contribution in [1.82, 2.24) is 9.88 Å². The number of hydrogen-bond acceptors (Lipinski definition) is 5. The molecule has 186 valence electrons. The second-order valence-corrected chi connectivity index (χ2v) is 10.1. The summed E-state index contributed by atoms with van der Waals surface area (Å²) in [7, 11) is 1.47. The summed E-state index contributed by atoms with van der Waals surface area (Å²) in [5.74, 6) is -0.529. The molecule has 1 fully saturated rings. The van der Waals surface area contributed by atoms with Gasteiger partial charge in [0.15, 0.2) is 0 Å². The van der Waals surface area contributed by atoms with E-state index in [1.807, 2.05) is 12.1 Å². The Bertz CT molecular complexity index is 1150. The molecule has 0 saturated carbocycles. The van der Waals surface area contributed by atoms with Crippen molar-refractivity contribution in [3.8, 4) is 0 Å². The summed E-state index contributed by atoms with van der Waals surface area (Å²) in [6, 6.07) is 18.8. The van der Waals surface area contributed by atoms with Crippen LogP contribution in [0.3, 0.4) is 0 Å². The molecule has 1 aromatic heterocycles. The number of ether oxygens (including phenoxy) is 2. The number of nitrogens with one attached hydrogen (secondary N) is 1. The molecule has 1 saturated heterocycles. The van der Waals surface area contributed by atoms with E-state index in [4.69, 9.17) is 9.47 Å².